The van der Waals surface area contributed by atoms with Crippen molar-refractivity contribution in [2.45, 2.75) is 59.5 Å². The summed E-state index contributed by atoms with van der Waals surface area (Å²) in [7, 11) is 0. The minimum atomic E-state index is -0.381. The lowest BCUT2D eigenvalue weighted by molar-refractivity contribution is 0.0459. The van der Waals surface area contributed by atoms with Crippen LogP contribution in [0.2, 0.25) is 0 Å². The monoisotopic (exact) mass is 359 g/mol. The summed E-state index contributed by atoms with van der Waals surface area (Å²) in [5.41, 5.74) is 1.82. The zero-order chi connectivity index (χ0) is 18.8. The van der Waals surface area contributed by atoms with Crippen molar-refractivity contribution in [1.29, 1.82) is 0 Å². The van der Waals surface area contributed by atoms with Crippen LogP contribution < -0.4 is 0 Å². The minimum Gasteiger partial charge on any atom is -0.508 e. The van der Waals surface area contributed by atoms with Crippen molar-refractivity contribution in [2.75, 3.05) is 13.2 Å². The second-order valence-corrected chi connectivity index (χ2v) is 7.78. The van der Waals surface area contributed by atoms with Crippen molar-refractivity contribution in [1.82, 2.24) is 4.90 Å². The molecule has 1 aromatic heterocycles. The van der Waals surface area contributed by atoms with E-state index in [1.54, 1.807) is 19.1 Å². The van der Waals surface area contributed by atoms with E-state index >= 15 is 0 Å². The predicted molar refractivity (Wildman–Crippen MR) is 101 cm³/mol. The van der Waals surface area contributed by atoms with E-state index in [1.807, 2.05) is 13.8 Å². The van der Waals surface area contributed by atoms with Crippen LogP contribution in [0, 0.1) is 12.8 Å². The Morgan fingerprint density at radius 2 is 2.15 bits per heavy atom. The summed E-state index contributed by atoms with van der Waals surface area (Å²) in [6.45, 7) is 9.97. The SMILES string of the molecule is Cc1oc2ccc(O)c(CN3CCCC[C@@H]3C)c2c1C(=O)OCC(C)C. The molecule has 5 nitrogen and oxygen atoms in total. The standard InChI is InChI=1S/C21H29NO4/c1-13(2)12-25-21(24)19-15(4)26-18-9-8-17(23)16(20(18)19)11-22-10-6-5-7-14(22)3/h8-9,13-14,23H,5-7,10-12H2,1-4H3/t14-/m0/s1. The van der Waals surface area contributed by atoms with E-state index in [0.717, 1.165) is 24.9 Å². The Kier molecular flexibility index (Phi) is 5.56. The third kappa shape index (κ3) is 3.73. The van der Waals surface area contributed by atoms with Crippen molar-refractivity contribution in [3.05, 3.63) is 29.0 Å². The molecule has 1 aliphatic rings. The Morgan fingerprint density at radius 3 is 2.85 bits per heavy atom. The lowest BCUT2D eigenvalue weighted by atomic mass is 9.99. The third-order valence-corrected chi connectivity index (χ3v) is 5.17. The summed E-state index contributed by atoms with van der Waals surface area (Å²) in [6.07, 6.45) is 3.56. The molecule has 1 fully saturated rings. The number of hydrogen-bond acceptors (Lipinski definition) is 5. The molecule has 0 amide bonds. The van der Waals surface area contributed by atoms with Gasteiger partial charge in [-0.05, 0) is 51.3 Å². The number of furan rings is 1. The van der Waals surface area contributed by atoms with Gasteiger partial charge in [-0.15, -0.1) is 0 Å². The van der Waals surface area contributed by atoms with E-state index in [4.69, 9.17) is 9.15 Å². The second kappa shape index (κ2) is 7.70. The summed E-state index contributed by atoms with van der Waals surface area (Å²) >= 11 is 0. The Morgan fingerprint density at radius 1 is 1.38 bits per heavy atom. The molecule has 2 aromatic rings. The molecule has 5 heteroatoms. The number of phenols is 1. The highest BCUT2D eigenvalue weighted by molar-refractivity contribution is 6.06. The van der Waals surface area contributed by atoms with Gasteiger partial charge in [0.1, 0.15) is 22.7 Å². The molecular formula is C21H29NO4. The van der Waals surface area contributed by atoms with E-state index in [2.05, 4.69) is 11.8 Å². The maximum Gasteiger partial charge on any atom is 0.342 e. The number of likely N-dealkylation sites (tertiary alicyclic amines) is 1. The van der Waals surface area contributed by atoms with Crippen LogP contribution in [0.5, 0.6) is 5.75 Å². The van der Waals surface area contributed by atoms with Crippen LogP contribution in [0.3, 0.4) is 0 Å². The summed E-state index contributed by atoms with van der Waals surface area (Å²) in [5, 5.41) is 11.2. The van der Waals surface area contributed by atoms with E-state index in [1.165, 1.54) is 6.42 Å². The highest BCUT2D eigenvalue weighted by atomic mass is 16.5. The Bertz CT molecular complexity index is 793. The fourth-order valence-electron chi connectivity index (χ4n) is 3.68. The van der Waals surface area contributed by atoms with Gasteiger partial charge in [0.2, 0.25) is 0 Å². The summed E-state index contributed by atoms with van der Waals surface area (Å²) in [4.78, 5) is 15.1. The number of aryl methyl sites for hydroxylation is 1. The first-order valence-electron chi connectivity index (χ1n) is 9.53. The number of ether oxygens (including phenoxy) is 1. The van der Waals surface area contributed by atoms with Crippen LogP contribution in [0.15, 0.2) is 16.5 Å². The van der Waals surface area contributed by atoms with Gasteiger partial charge in [0.05, 0.1) is 6.61 Å². The van der Waals surface area contributed by atoms with Crippen molar-refractivity contribution >= 4 is 16.9 Å². The molecule has 1 atom stereocenters. The van der Waals surface area contributed by atoms with Gasteiger partial charge in [-0.25, -0.2) is 4.79 Å². The number of hydrogen-bond donors (Lipinski definition) is 1. The lowest BCUT2D eigenvalue weighted by Crippen LogP contribution is -2.36. The zero-order valence-electron chi connectivity index (χ0n) is 16.2. The highest BCUT2D eigenvalue weighted by Crippen LogP contribution is 2.36. The molecule has 0 unspecified atom stereocenters. The van der Waals surface area contributed by atoms with E-state index < -0.39 is 0 Å². The molecule has 0 radical (unpaired) electrons. The topological polar surface area (TPSA) is 62.9 Å². The molecule has 2 heterocycles. The van der Waals surface area contributed by atoms with Crippen LogP contribution in [-0.2, 0) is 11.3 Å². The Balaban J connectivity index is 2.01. The van der Waals surface area contributed by atoms with E-state index in [9.17, 15) is 9.90 Å². The summed E-state index contributed by atoms with van der Waals surface area (Å²) in [6, 6.07) is 3.83. The number of fused-ring (bicyclic) bond motifs is 1. The highest BCUT2D eigenvalue weighted by Gasteiger charge is 2.26. The van der Waals surface area contributed by atoms with Crippen LogP contribution >= 0.6 is 0 Å². The number of carbonyl (C=O) groups excluding carboxylic acids is 1. The molecule has 142 valence electrons. The molecule has 26 heavy (non-hydrogen) atoms. The first-order valence-corrected chi connectivity index (χ1v) is 9.53. The van der Waals surface area contributed by atoms with Crippen LogP contribution in [0.4, 0.5) is 0 Å². The maximum atomic E-state index is 12.7. The number of esters is 1. The number of carbonyl (C=O) groups is 1. The molecule has 3 rings (SSSR count). The largest absolute Gasteiger partial charge is 0.508 e. The van der Waals surface area contributed by atoms with E-state index in [-0.39, 0.29) is 17.6 Å². The number of rotatable bonds is 5. The van der Waals surface area contributed by atoms with Gasteiger partial charge in [-0.2, -0.15) is 0 Å². The van der Waals surface area contributed by atoms with Gasteiger partial charge < -0.3 is 14.3 Å². The van der Waals surface area contributed by atoms with Crippen molar-refractivity contribution in [2.24, 2.45) is 5.92 Å². The van der Waals surface area contributed by atoms with Gasteiger partial charge in [0, 0.05) is 23.5 Å². The van der Waals surface area contributed by atoms with Crippen molar-refractivity contribution in [3.63, 3.8) is 0 Å². The maximum absolute atomic E-state index is 12.7. The van der Waals surface area contributed by atoms with Crippen LogP contribution in [0.25, 0.3) is 11.0 Å². The molecule has 1 N–H and O–H groups in total. The second-order valence-electron chi connectivity index (χ2n) is 7.78. The van der Waals surface area contributed by atoms with Crippen molar-refractivity contribution < 1.29 is 19.1 Å². The molecule has 1 saturated heterocycles. The fourth-order valence-corrected chi connectivity index (χ4v) is 3.68. The number of aromatic hydroxyl groups is 1. The summed E-state index contributed by atoms with van der Waals surface area (Å²) in [5.74, 6) is 0.620. The first-order chi connectivity index (χ1) is 12.4. The van der Waals surface area contributed by atoms with Crippen molar-refractivity contribution in [3.8, 4) is 5.75 Å². The van der Waals surface area contributed by atoms with Gasteiger partial charge in [0.25, 0.3) is 0 Å². The minimum absolute atomic E-state index is 0.203. The predicted octanol–water partition coefficient (Wildman–Crippen LogP) is 4.63. The quantitative estimate of drug-likeness (QED) is 0.788. The van der Waals surface area contributed by atoms with Gasteiger partial charge in [-0.1, -0.05) is 20.3 Å². The lowest BCUT2D eigenvalue weighted by Gasteiger charge is -2.33. The van der Waals surface area contributed by atoms with Crippen LogP contribution in [0.1, 0.15) is 61.7 Å². The molecular weight excluding hydrogens is 330 g/mol. The normalized spacial score (nSPS) is 18.6. The van der Waals surface area contributed by atoms with Gasteiger partial charge in [-0.3, -0.25) is 4.90 Å². The van der Waals surface area contributed by atoms with E-state index in [0.29, 0.717) is 41.5 Å². The average molecular weight is 359 g/mol. The number of phenolic OH excluding ortho intramolecular Hbond substituents is 1. The molecule has 0 bridgehead atoms. The average Bonchev–Trinajstić information content (AvgIpc) is 2.93. The Hall–Kier alpha value is -2.01. The first kappa shape index (κ1) is 18.8. The number of piperidine rings is 1. The molecule has 0 aliphatic carbocycles. The summed E-state index contributed by atoms with van der Waals surface area (Å²) < 4.78 is 11.3. The fraction of sp³-hybridized carbons (Fsp3) is 0.571. The van der Waals surface area contributed by atoms with Gasteiger partial charge >= 0.3 is 5.97 Å². The third-order valence-electron chi connectivity index (χ3n) is 5.17. The Labute approximate surface area is 154 Å². The number of nitrogens with zero attached hydrogens (tertiary/aromatic N) is 1. The van der Waals surface area contributed by atoms with Gasteiger partial charge in [0.15, 0.2) is 0 Å². The zero-order valence-corrected chi connectivity index (χ0v) is 16.2. The number of benzene rings is 1. The molecule has 0 saturated carbocycles. The molecule has 0 spiro atoms. The molecule has 1 aliphatic heterocycles. The van der Waals surface area contributed by atoms with Crippen LogP contribution in [-0.4, -0.2) is 35.2 Å². The smallest absolute Gasteiger partial charge is 0.342 e. The molecule has 1 aromatic carbocycles.